The summed E-state index contributed by atoms with van der Waals surface area (Å²) >= 11 is 2.91. The van der Waals surface area contributed by atoms with Gasteiger partial charge in [-0.25, -0.2) is 12.8 Å². The highest BCUT2D eigenvalue weighted by molar-refractivity contribution is 9.10. The summed E-state index contributed by atoms with van der Waals surface area (Å²) in [5, 5.41) is 18.5. The lowest BCUT2D eigenvalue weighted by molar-refractivity contribution is -0.140. The van der Waals surface area contributed by atoms with E-state index < -0.39 is 34.0 Å². The first-order valence-electron chi connectivity index (χ1n) is 5.61. The van der Waals surface area contributed by atoms with Gasteiger partial charge >= 0.3 is 5.97 Å². The van der Waals surface area contributed by atoms with E-state index in [1.807, 2.05) is 0 Å². The monoisotopic (exact) mass is 367 g/mol. The minimum absolute atomic E-state index is 0.104. The van der Waals surface area contributed by atoms with Crippen LogP contribution in [-0.2, 0) is 14.8 Å². The van der Waals surface area contributed by atoms with Crippen molar-refractivity contribution < 1.29 is 27.8 Å². The van der Waals surface area contributed by atoms with Crippen LogP contribution in [0.1, 0.15) is 6.42 Å². The Morgan fingerprint density at radius 3 is 2.65 bits per heavy atom. The molecule has 1 saturated heterocycles. The molecule has 0 saturated carbocycles. The van der Waals surface area contributed by atoms with Gasteiger partial charge in [-0.1, -0.05) is 0 Å². The number of nitrogens with zero attached hydrogens (tertiary/aromatic N) is 1. The Morgan fingerprint density at radius 2 is 2.10 bits per heavy atom. The van der Waals surface area contributed by atoms with Crippen molar-refractivity contribution in [2.45, 2.75) is 23.5 Å². The topological polar surface area (TPSA) is 94.9 Å². The minimum atomic E-state index is -4.17. The number of carboxylic acid groups (broad SMARTS) is 1. The number of carbonyl (C=O) groups is 1. The second-order valence-electron chi connectivity index (χ2n) is 4.39. The van der Waals surface area contributed by atoms with Crippen LogP contribution in [-0.4, -0.2) is 47.6 Å². The molecule has 0 bridgehead atoms. The first-order valence-corrected chi connectivity index (χ1v) is 7.84. The first-order chi connectivity index (χ1) is 9.23. The van der Waals surface area contributed by atoms with Crippen LogP contribution in [0.2, 0.25) is 0 Å². The Bertz CT molecular complexity index is 650. The fourth-order valence-corrected chi connectivity index (χ4v) is 3.94. The Labute approximate surface area is 123 Å². The van der Waals surface area contributed by atoms with E-state index in [1.54, 1.807) is 0 Å². The number of halogens is 2. The molecular formula is C11H11BrFNO5S. The van der Waals surface area contributed by atoms with Crippen molar-refractivity contribution in [3.05, 3.63) is 28.5 Å². The van der Waals surface area contributed by atoms with Crippen molar-refractivity contribution in [2.24, 2.45) is 0 Å². The summed E-state index contributed by atoms with van der Waals surface area (Å²) in [5.41, 5.74) is 0. The molecular weight excluding hydrogens is 357 g/mol. The van der Waals surface area contributed by atoms with Gasteiger partial charge < -0.3 is 10.2 Å². The predicted molar refractivity (Wildman–Crippen MR) is 70.0 cm³/mol. The molecule has 1 aliphatic rings. The van der Waals surface area contributed by atoms with Gasteiger partial charge in [-0.3, -0.25) is 4.79 Å². The fraction of sp³-hybridized carbons (Fsp3) is 0.364. The molecule has 0 aromatic heterocycles. The molecule has 1 aromatic rings. The highest BCUT2D eigenvalue weighted by atomic mass is 79.9. The van der Waals surface area contributed by atoms with Gasteiger partial charge in [-0.2, -0.15) is 4.31 Å². The molecule has 1 aliphatic heterocycles. The van der Waals surface area contributed by atoms with E-state index in [0.717, 1.165) is 6.07 Å². The van der Waals surface area contributed by atoms with E-state index in [-0.39, 0.29) is 22.3 Å². The lowest BCUT2D eigenvalue weighted by Gasteiger charge is -2.20. The molecule has 110 valence electrons. The Kier molecular flexibility index (Phi) is 4.14. The highest BCUT2D eigenvalue weighted by Gasteiger charge is 2.43. The third-order valence-electron chi connectivity index (χ3n) is 3.02. The van der Waals surface area contributed by atoms with Crippen LogP contribution < -0.4 is 0 Å². The molecule has 1 unspecified atom stereocenters. The van der Waals surface area contributed by atoms with E-state index in [4.69, 9.17) is 5.11 Å². The maximum Gasteiger partial charge on any atom is 0.322 e. The van der Waals surface area contributed by atoms with Crippen molar-refractivity contribution in [1.82, 2.24) is 4.31 Å². The molecule has 0 spiro atoms. The lowest BCUT2D eigenvalue weighted by atomic mass is 10.2. The molecule has 2 rings (SSSR count). The molecule has 2 N–H and O–H groups in total. The molecule has 1 heterocycles. The summed E-state index contributed by atoms with van der Waals surface area (Å²) < 4.78 is 38.9. The second-order valence-corrected chi connectivity index (χ2v) is 7.14. The SMILES string of the molecule is O=C(O)[C@@H]1CC(O)CN1S(=O)(=O)c1ccc(Br)c(F)c1. The molecule has 2 atom stereocenters. The summed E-state index contributed by atoms with van der Waals surface area (Å²) in [7, 11) is -4.17. The Hall–Kier alpha value is -1.03. The lowest BCUT2D eigenvalue weighted by Crippen LogP contribution is -2.40. The molecule has 1 fully saturated rings. The summed E-state index contributed by atoms with van der Waals surface area (Å²) in [6, 6.07) is 1.86. The number of sulfonamides is 1. The first kappa shape index (κ1) is 15.4. The number of aliphatic hydroxyl groups excluding tert-OH is 1. The van der Waals surface area contributed by atoms with Crippen molar-refractivity contribution in [3.8, 4) is 0 Å². The maximum atomic E-state index is 13.4. The zero-order chi connectivity index (χ0) is 15.1. The third-order valence-corrected chi connectivity index (χ3v) is 5.53. The molecule has 1 aromatic carbocycles. The van der Waals surface area contributed by atoms with Gasteiger partial charge in [-0.05, 0) is 34.1 Å². The van der Waals surface area contributed by atoms with Crippen LogP contribution in [0, 0.1) is 5.82 Å². The van der Waals surface area contributed by atoms with Crippen molar-refractivity contribution in [2.75, 3.05) is 6.54 Å². The van der Waals surface area contributed by atoms with Crippen LogP contribution in [0.15, 0.2) is 27.6 Å². The summed E-state index contributed by atoms with van der Waals surface area (Å²) in [5.74, 6) is -2.11. The number of rotatable bonds is 3. The van der Waals surface area contributed by atoms with E-state index in [1.165, 1.54) is 12.1 Å². The molecule has 9 heteroatoms. The van der Waals surface area contributed by atoms with E-state index in [2.05, 4.69) is 15.9 Å². The second kappa shape index (κ2) is 5.40. The van der Waals surface area contributed by atoms with Crippen LogP contribution in [0.4, 0.5) is 4.39 Å². The Morgan fingerprint density at radius 1 is 1.45 bits per heavy atom. The van der Waals surface area contributed by atoms with Crippen LogP contribution >= 0.6 is 15.9 Å². The largest absolute Gasteiger partial charge is 0.480 e. The number of carboxylic acids is 1. The van der Waals surface area contributed by atoms with Gasteiger partial charge in [-0.15, -0.1) is 0 Å². The van der Waals surface area contributed by atoms with E-state index in [0.29, 0.717) is 4.31 Å². The maximum absolute atomic E-state index is 13.4. The average Bonchev–Trinajstić information content (AvgIpc) is 2.75. The zero-order valence-electron chi connectivity index (χ0n) is 10.0. The van der Waals surface area contributed by atoms with Crippen molar-refractivity contribution >= 4 is 31.9 Å². The number of hydrogen-bond acceptors (Lipinski definition) is 4. The standard InChI is InChI=1S/C11H11BrFNO5S/c12-8-2-1-7(4-9(8)13)20(18,19)14-5-6(15)3-10(14)11(16)17/h1-2,4,6,10,15H,3,5H2,(H,16,17)/t6?,10-/m0/s1. The number of aliphatic carboxylic acids is 1. The van der Waals surface area contributed by atoms with Gasteiger partial charge in [0, 0.05) is 13.0 Å². The Balaban J connectivity index is 2.43. The van der Waals surface area contributed by atoms with E-state index in [9.17, 15) is 22.7 Å². The molecule has 0 radical (unpaired) electrons. The van der Waals surface area contributed by atoms with Crippen molar-refractivity contribution in [1.29, 1.82) is 0 Å². The van der Waals surface area contributed by atoms with Crippen LogP contribution in [0.25, 0.3) is 0 Å². The average molecular weight is 368 g/mol. The zero-order valence-corrected chi connectivity index (χ0v) is 12.4. The summed E-state index contributed by atoms with van der Waals surface area (Å²) in [4.78, 5) is 10.7. The summed E-state index contributed by atoms with van der Waals surface area (Å²) in [6.45, 7) is -0.322. The number of hydrogen-bond donors (Lipinski definition) is 2. The molecule has 0 aliphatic carbocycles. The minimum Gasteiger partial charge on any atom is -0.480 e. The normalized spacial score (nSPS) is 23.9. The fourth-order valence-electron chi connectivity index (χ4n) is 2.05. The number of β-amino-alcohol motifs (C(OH)–C–C–N with tert-alkyl or cyclic N) is 1. The predicted octanol–water partition coefficient (Wildman–Crippen LogP) is 0.797. The van der Waals surface area contributed by atoms with Gasteiger partial charge in [0.25, 0.3) is 0 Å². The quantitative estimate of drug-likeness (QED) is 0.823. The highest BCUT2D eigenvalue weighted by Crippen LogP contribution is 2.28. The number of benzene rings is 1. The molecule has 20 heavy (non-hydrogen) atoms. The van der Waals surface area contributed by atoms with Crippen LogP contribution in [0.5, 0.6) is 0 Å². The molecule has 6 nitrogen and oxygen atoms in total. The van der Waals surface area contributed by atoms with Gasteiger partial charge in [0.15, 0.2) is 0 Å². The van der Waals surface area contributed by atoms with Gasteiger partial charge in [0.05, 0.1) is 15.5 Å². The van der Waals surface area contributed by atoms with Gasteiger partial charge in [0.2, 0.25) is 10.0 Å². The third kappa shape index (κ3) is 2.71. The smallest absolute Gasteiger partial charge is 0.322 e. The van der Waals surface area contributed by atoms with E-state index >= 15 is 0 Å². The number of aliphatic hydroxyl groups is 1. The van der Waals surface area contributed by atoms with Crippen molar-refractivity contribution in [3.63, 3.8) is 0 Å². The van der Waals surface area contributed by atoms with Gasteiger partial charge in [0.1, 0.15) is 11.9 Å². The molecule has 0 amide bonds. The summed E-state index contributed by atoms with van der Waals surface area (Å²) in [6.07, 6.45) is -1.24. The van der Waals surface area contributed by atoms with Crippen LogP contribution in [0.3, 0.4) is 0 Å².